The van der Waals surface area contributed by atoms with Crippen molar-refractivity contribution in [2.75, 3.05) is 63.8 Å². The smallest absolute Gasteiger partial charge is 0.0723 e. The number of aromatic nitrogens is 1. The summed E-state index contributed by atoms with van der Waals surface area (Å²) in [4.78, 5) is 15.5. The van der Waals surface area contributed by atoms with Crippen molar-refractivity contribution < 1.29 is 0 Å². The zero-order chi connectivity index (χ0) is 22.1. The van der Waals surface area contributed by atoms with Crippen LogP contribution in [0.15, 0.2) is 24.4 Å². The van der Waals surface area contributed by atoms with E-state index in [0.717, 1.165) is 30.7 Å². The second kappa shape index (κ2) is 9.66. The molecule has 5 rings (SSSR count). The Kier molecular flexibility index (Phi) is 6.68. The minimum Gasteiger partial charge on any atom is -0.371 e. The summed E-state index contributed by atoms with van der Waals surface area (Å²) in [6.45, 7) is 17.9. The summed E-state index contributed by atoms with van der Waals surface area (Å²) >= 11 is 0. The molecule has 0 atom stereocenters. The number of piperidine rings is 2. The number of fused-ring (bicyclic) bond motifs is 1. The van der Waals surface area contributed by atoms with Gasteiger partial charge >= 0.3 is 0 Å². The van der Waals surface area contributed by atoms with Gasteiger partial charge in [-0.2, -0.15) is 0 Å². The molecule has 0 bridgehead atoms. The lowest BCUT2D eigenvalue weighted by molar-refractivity contribution is 0.0450. The van der Waals surface area contributed by atoms with Crippen molar-refractivity contribution in [2.45, 2.75) is 58.5 Å². The molecular formula is C27H41N5. The number of pyridine rings is 1. The zero-order valence-electron chi connectivity index (χ0n) is 20.4. The van der Waals surface area contributed by atoms with Gasteiger partial charge in [-0.15, -0.1) is 0 Å². The van der Waals surface area contributed by atoms with E-state index in [-0.39, 0.29) is 0 Å². The molecule has 5 heteroatoms. The van der Waals surface area contributed by atoms with Crippen LogP contribution in [0.2, 0.25) is 0 Å². The highest BCUT2D eigenvalue weighted by atomic mass is 15.3. The van der Waals surface area contributed by atoms with E-state index in [1.54, 1.807) is 0 Å². The number of piperazine rings is 1. The number of rotatable bonds is 4. The molecule has 1 aromatic heterocycles. The first-order valence-corrected chi connectivity index (χ1v) is 12.9. The van der Waals surface area contributed by atoms with Crippen LogP contribution in [0.25, 0.3) is 10.9 Å². The molecule has 0 aliphatic carbocycles. The third-order valence-electron chi connectivity index (χ3n) is 8.34. The molecule has 4 heterocycles. The molecule has 3 aliphatic rings. The lowest BCUT2D eigenvalue weighted by atomic mass is 9.95. The number of benzene rings is 1. The van der Waals surface area contributed by atoms with Gasteiger partial charge in [0.15, 0.2) is 0 Å². The Balaban J connectivity index is 1.17. The van der Waals surface area contributed by atoms with Gasteiger partial charge in [-0.05, 0) is 76.9 Å². The van der Waals surface area contributed by atoms with Gasteiger partial charge in [-0.25, -0.2) is 0 Å². The predicted molar refractivity (Wildman–Crippen MR) is 135 cm³/mol. The first-order chi connectivity index (χ1) is 15.6. The number of aryl methyl sites for hydroxylation is 2. The van der Waals surface area contributed by atoms with Crippen molar-refractivity contribution >= 4 is 16.6 Å². The Labute approximate surface area is 194 Å². The van der Waals surface area contributed by atoms with Crippen molar-refractivity contribution in [1.29, 1.82) is 0 Å². The van der Waals surface area contributed by atoms with Crippen molar-refractivity contribution in [2.24, 2.45) is 0 Å². The van der Waals surface area contributed by atoms with Crippen LogP contribution in [0.3, 0.4) is 0 Å². The standard InChI is InChI=1S/C27H41N5/c1-4-29-15-17-31(18-16-29)24-7-11-30(12-8-24)23-9-13-32(14-10-23)27-22(3)20-28-26-6-5-21(2)19-25(26)27/h5-6,19-20,23-24H,4,7-18H2,1-3H3. The van der Waals surface area contributed by atoms with E-state index in [0.29, 0.717) is 0 Å². The normalized spacial score (nSPS) is 23.3. The minimum atomic E-state index is 0.763. The molecule has 32 heavy (non-hydrogen) atoms. The summed E-state index contributed by atoms with van der Waals surface area (Å²) in [5, 5.41) is 1.33. The molecular weight excluding hydrogens is 394 g/mol. The fraction of sp³-hybridized carbons (Fsp3) is 0.667. The predicted octanol–water partition coefficient (Wildman–Crippen LogP) is 3.92. The van der Waals surface area contributed by atoms with E-state index in [1.165, 1.54) is 93.7 Å². The molecule has 0 amide bonds. The molecule has 3 saturated heterocycles. The first-order valence-electron chi connectivity index (χ1n) is 12.9. The van der Waals surface area contributed by atoms with Crippen LogP contribution < -0.4 is 4.90 Å². The molecule has 0 N–H and O–H groups in total. The Morgan fingerprint density at radius 3 is 2.09 bits per heavy atom. The molecule has 1 aromatic carbocycles. The van der Waals surface area contributed by atoms with Crippen LogP contribution in [-0.4, -0.2) is 90.7 Å². The first kappa shape index (κ1) is 22.1. The second-order valence-corrected chi connectivity index (χ2v) is 10.3. The molecule has 3 aliphatic heterocycles. The third-order valence-corrected chi connectivity index (χ3v) is 8.34. The van der Waals surface area contributed by atoms with Crippen molar-refractivity contribution in [3.05, 3.63) is 35.5 Å². The lowest BCUT2D eigenvalue weighted by Gasteiger charge is -2.46. The van der Waals surface area contributed by atoms with Crippen molar-refractivity contribution in [3.8, 4) is 0 Å². The fourth-order valence-corrected chi connectivity index (χ4v) is 6.33. The van der Waals surface area contributed by atoms with Gasteiger partial charge in [0.05, 0.1) is 11.2 Å². The number of likely N-dealkylation sites (N-methyl/N-ethyl adjacent to an activating group) is 1. The van der Waals surface area contributed by atoms with Gasteiger partial charge in [-0.1, -0.05) is 18.6 Å². The maximum absolute atomic E-state index is 4.68. The van der Waals surface area contributed by atoms with Crippen LogP contribution in [0.1, 0.15) is 43.7 Å². The van der Waals surface area contributed by atoms with Crippen molar-refractivity contribution in [1.82, 2.24) is 19.7 Å². The highest BCUT2D eigenvalue weighted by molar-refractivity contribution is 5.93. The van der Waals surface area contributed by atoms with Crippen LogP contribution >= 0.6 is 0 Å². The van der Waals surface area contributed by atoms with Gasteiger partial charge < -0.3 is 14.7 Å². The molecule has 3 fully saturated rings. The van der Waals surface area contributed by atoms with Gasteiger partial charge in [-0.3, -0.25) is 9.88 Å². The lowest BCUT2D eigenvalue weighted by Crippen LogP contribution is -2.55. The Morgan fingerprint density at radius 2 is 1.44 bits per heavy atom. The average Bonchev–Trinajstić information content (AvgIpc) is 2.84. The third kappa shape index (κ3) is 4.52. The highest BCUT2D eigenvalue weighted by Crippen LogP contribution is 2.33. The molecule has 0 radical (unpaired) electrons. The van der Waals surface area contributed by atoms with Crippen LogP contribution in [-0.2, 0) is 0 Å². The van der Waals surface area contributed by atoms with E-state index in [2.05, 4.69) is 69.8 Å². The molecule has 0 unspecified atom stereocenters. The SMILES string of the molecule is CCN1CCN(C2CCN(C3CCN(c4c(C)cnc5ccc(C)cc45)CC3)CC2)CC1. The largest absolute Gasteiger partial charge is 0.371 e. The summed E-state index contributed by atoms with van der Waals surface area (Å²) in [6.07, 6.45) is 7.35. The molecule has 5 nitrogen and oxygen atoms in total. The van der Waals surface area contributed by atoms with Crippen molar-refractivity contribution in [3.63, 3.8) is 0 Å². The summed E-state index contributed by atoms with van der Waals surface area (Å²) in [5.41, 5.74) is 5.17. The zero-order valence-corrected chi connectivity index (χ0v) is 20.4. The number of likely N-dealkylation sites (tertiary alicyclic amines) is 1. The Bertz CT molecular complexity index is 898. The monoisotopic (exact) mass is 435 g/mol. The quantitative estimate of drug-likeness (QED) is 0.725. The summed E-state index contributed by atoms with van der Waals surface area (Å²) in [7, 11) is 0. The number of nitrogens with zero attached hydrogens (tertiary/aromatic N) is 5. The highest BCUT2D eigenvalue weighted by Gasteiger charge is 2.32. The van der Waals surface area contributed by atoms with Crippen LogP contribution in [0.4, 0.5) is 5.69 Å². The average molecular weight is 436 g/mol. The molecule has 0 saturated carbocycles. The van der Waals surface area contributed by atoms with Gasteiger partial charge in [0.2, 0.25) is 0 Å². The summed E-state index contributed by atoms with van der Waals surface area (Å²) < 4.78 is 0. The van der Waals surface area contributed by atoms with Crippen LogP contribution in [0.5, 0.6) is 0 Å². The number of hydrogen-bond donors (Lipinski definition) is 0. The molecule has 2 aromatic rings. The van der Waals surface area contributed by atoms with E-state index in [4.69, 9.17) is 0 Å². The maximum atomic E-state index is 4.68. The van der Waals surface area contributed by atoms with E-state index in [1.807, 2.05) is 0 Å². The second-order valence-electron chi connectivity index (χ2n) is 10.3. The Hall–Kier alpha value is -1.69. The van der Waals surface area contributed by atoms with E-state index in [9.17, 15) is 0 Å². The minimum absolute atomic E-state index is 0.763. The fourth-order valence-electron chi connectivity index (χ4n) is 6.33. The maximum Gasteiger partial charge on any atom is 0.0723 e. The van der Waals surface area contributed by atoms with Gasteiger partial charge in [0.25, 0.3) is 0 Å². The van der Waals surface area contributed by atoms with Gasteiger partial charge in [0, 0.05) is 62.9 Å². The molecule has 0 spiro atoms. The number of hydrogen-bond acceptors (Lipinski definition) is 5. The van der Waals surface area contributed by atoms with Crippen LogP contribution in [0, 0.1) is 13.8 Å². The van der Waals surface area contributed by atoms with E-state index < -0.39 is 0 Å². The molecule has 174 valence electrons. The van der Waals surface area contributed by atoms with E-state index >= 15 is 0 Å². The summed E-state index contributed by atoms with van der Waals surface area (Å²) in [5.74, 6) is 0. The Morgan fingerprint density at radius 1 is 0.812 bits per heavy atom. The topological polar surface area (TPSA) is 25.9 Å². The number of anilines is 1. The van der Waals surface area contributed by atoms with Gasteiger partial charge in [0.1, 0.15) is 0 Å². The summed E-state index contributed by atoms with van der Waals surface area (Å²) in [6, 6.07) is 8.25.